The van der Waals surface area contributed by atoms with E-state index in [2.05, 4.69) is 61.6 Å². The van der Waals surface area contributed by atoms with Crippen LogP contribution in [-0.2, 0) is 34.8 Å². The second-order valence-corrected chi connectivity index (χ2v) is 11.9. The molecule has 4 nitrogen and oxygen atoms in total. The fourth-order valence-corrected chi connectivity index (χ4v) is 5.57. The molecule has 0 saturated heterocycles. The highest BCUT2D eigenvalue weighted by atomic mass is 32.2. The Labute approximate surface area is 202 Å². The average Bonchev–Trinajstić information content (AvgIpc) is 2.79. The quantitative estimate of drug-likeness (QED) is 0.477. The van der Waals surface area contributed by atoms with Crippen molar-refractivity contribution < 1.29 is 12.8 Å². The lowest BCUT2D eigenvalue weighted by Gasteiger charge is -2.34. The van der Waals surface area contributed by atoms with Crippen LogP contribution in [-0.4, -0.2) is 25.9 Å². The number of rotatable bonds is 6. The zero-order valence-electron chi connectivity index (χ0n) is 20.3. The van der Waals surface area contributed by atoms with Crippen LogP contribution < -0.4 is 4.72 Å². The number of hydrogen-bond donors (Lipinski definition) is 1. The zero-order chi connectivity index (χ0) is 24.5. The first-order valence-electron chi connectivity index (χ1n) is 11.7. The van der Waals surface area contributed by atoms with Crippen LogP contribution in [0.4, 0.5) is 10.1 Å². The lowest BCUT2D eigenvalue weighted by Crippen LogP contribution is -2.38. The number of hydrogen-bond acceptors (Lipinski definition) is 3. The molecule has 1 aliphatic rings. The highest BCUT2D eigenvalue weighted by Crippen LogP contribution is 2.27. The van der Waals surface area contributed by atoms with Crippen molar-refractivity contribution >= 4 is 15.7 Å². The number of anilines is 1. The Morgan fingerprint density at radius 3 is 2.44 bits per heavy atom. The molecule has 3 aromatic carbocycles. The third-order valence-corrected chi connectivity index (χ3v) is 7.95. The SMILES string of the molecule is CC(Cc1cccc(C(C)(C)C)c1)N1CCc2cc(S(=O)(=O)Nc3ccc(F)cc3)ccc2C1. The van der Waals surface area contributed by atoms with Gasteiger partial charge in [-0.3, -0.25) is 9.62 Å². The summed E-state index contributed by atoms with van der Waals surface area (Å²) in [6, 6.07) is 19.9. The summed E-state index contributed by atoms with van der Waals surface area (Å²) >= 11 is 0. The van der Waals surface area contributed by atoms with Crippen LogP contribution in [0.2, 0.25) is 0 Å². The molecular formula is C28H33FN2O2S. The third kappa shape index (κ3) is 5.68. The Kier molecular flexibility index (Phi) is 6.83. The summed E-state index contributed by atoms with van der Waals surface area (Å²) in [5, 5.41) is 0. The van der Waals surface area contributed by atoms with Crippen LogP contribution in [0.5, 0.6) is 0 Å². The van der Waals surface area contributed by atoms with Crippen molar-refractivity contribution in [2.24, 2.45) is 0 Å². The summed E-state index contributed by atoms with van der Waals surface area (Å²) in [7, 11) is -3.73. The minimum absolute atomic E-state index is 0.132. The van der Waals surface area contributed by atoms with Gasteiger partial charge in [0.05, 0.1) is 4.90 Å². The first kappa shape index (κ1) is 24.4. The smallest absolute Gasteiger partial charge is 0.261 e. The molecule has 6 heteroatoms. The molecule has 34 heavy (non-hydrogen) atoms. The van der Waals surface area contributed by atoms with Gasteiger partial charge in [0.15, 0.2) is 0 Å². The molecule has 0 radical (unpaired) electrons. The first-order valence-corrected chi connectivity index (χ1v) is 13.2. The van der Waals surface area contributed by atoms with Crippen LogP contribution >= 0.6 is 0 Å². The molecule has 0 fully saturated rings. The van der Waals surface area contributed by atoms with Gasteiger partial charge in [-0.2, -0.15) is 0 Å². The summed E-state index contributed by atoms with van der Waals surface area (Å²) in [5.74, 6) is -0.405. The van der Waals surface area contributed by atoms with Crippen molar-refractivity contribution in [3.05, 3.63) is 94.8 Å². The van der Waals surface area contributed by atoms with E-state index >= 15 is 0 Å². The fourth-order valence-electron chi connectivity index (χ4n) is 4.46. The number of benzene rings is 3. The summed E-state index contributed by atoms with van der Waals surface area (Å²) in [4.78, 5) is 2.70. The monoisotopic (exact) mass is 480 g/mol. The van der Waals surface area contributed by atoms with Gasteiger partial charge in [0.1, 0.15) is 5.82 Å². The Morgan fingerprint density at radius 1 is 1.00 bits per heavy atom. The van der Waals surface area contributed by atoms with E-state index < -0.39 is 15.8 Å². The predicted molar refractivity (Wildman–Crippen MR) is 136 cm³/mol. The summed E-state index contributed by atoms with van der Waals surface area (Å²) in [6.45, 7) is 10.7. The van der Waals surface area contributed by atoms with Crippen LogP contribution in [0.15, 0.2) is 71.6 Å². The molecule has 1 atom stereocenters. The number of fused-ring (bicyclic) bond motifs is 1. The molecule has 1 heterocycles. The highest BCUT2D eigenvalue weighted by Gasteiger charge is 2.24. The number of nitrogens with zero attached hydrogens (tertiary/aromatic N) is 1. The van der Waals surface area contributed by atoms with E-state index in [1.54, 1.807) is 12.1 Å². The van der Waals surface area contributed by atoms with E-state index in [4.69, 9.17) is 0 Å². The highest BCUT2D eigenvalue weighted by molar-refractivity contribution is 7.92. The van der Waals surface area contributed by atoms with Gasteiger partial charge in [-0.25, -0.2) is 12.8 Å². The lowest BCUT2D eigenvalue weighted by atomic mass is 9.85. The maximum atomic E-state index is 13.1. The molecule has 3 aromatic rings. The van der Waals surface area contributed by atoms with Crippen molar-refractivity contribution in [3.8, 4) is 0 Å². The van der Waals surface area contributed by atoms with Gasteiger partial charge in [-0.05, 0) is 83.8 Å². The maximum absolute atomic E-state index is 13.1. The Morgan fingerprint density at radius 2 is 1.74 bits per heavy atom. The molecule has 0 amide bonds. The molecule has 0 spiro atoms. The van der Waals surface area contributed by atoms with E-state index in [0.29, 0.717) is 11.7 Å². The molecule has 0 aromatic heterocycles. The number of nitrogens with one attached hydrogen (secondary N) is 1. The van der Waals surface area contributed by atoms with Gasteiger partial charge >= 0.3 is 0 Å². The molecular weight excluding hydrogens is 447 g/mol. The average molecular weight is 481 g/mol. The fraction of sp³-hybridized carbons (Fsp3) is 0.357. The van der Waals surface area contributed by atoms with Gasteiger partial charge in [0.25, 0.3) is 10.0 Å². The summed E-state index contributed by atoms with van der Waals surface area (Å²) in [6.07, 6.45) is 1.79. The van der Waals surface area contributed by atoms with Gasteiger partial charge in [-0.1, -0.05) is 51.1 Å². The second-order valence-electron chi connectivity index (χ2n) is 10.3. The van der Waals surface area contributed by atoms with Crippen molar-refractivity contribution in [2.75, 3.05) is 11.3 Å². The Bertz CT molecular complexity index is 1260. The topological polar surface area (TPSA) is 49.4 Å². The van der Waals surface area contributed by atoms with Crippen LogP contribution in [0.25, 0.3) is 0 Å². The summed E-state index contributed by atoms with van der Waals surface area (Å²) < 4.78 is 41.3. The number of halogens is 1. The van der Waals surface area contributed by atoms with Gasteiger partial charge in [0, 0.05) is 24.8 Å². The van der Waals surface area contributed by atoms with Crippen LogP contribution in [0.1, 0.15) is 49.9 Å². The molecule has 1 unspecified atom stereocenters. The molecule has 0 bridgehead atoms. The van der Waals surface area contributed by atoms with Crippen LogP contribution in [0, 0.1) is 5.82 Å². The molecule has 1 aliphatic heterocycles. The van der Waals surface area contributed by atoms with E-state index in [9.17, 15) is 12.8 Å². The van der Waals surface area contributed by atoms with Crippen molar-refractivity contribution in [3.63, 3.8) is 0 Å². The molecule has 0 aliphatic carbocycles. The van der Waals surface area contributed by atoms with Crippen molar-refractivity contribution in [2.45, 2.75) is 63.4 Å². The summed E-state index contributed by atoms with van der Waals surface area (Å²) in [5.41, 5.74) is 5.41. The van der Waals surface area contributed by atoms with Crippen molar-refractivity contribution in [1.82, 2.24) is 4.90 Å². The Hall–Kier alpha value is -2.70. The van der Waals surface area contributed by atoms with Gasteiger partial charge in [0.2, 0.25) is 0 Å². The standard InChI is InChI=1S/C28H33FN2O2S/c1-20(16-21-6-5-7-24(17-21)28(2,3)4)31-15-14-22-18-27(13-8-23(22)19-31)34(32,33)30-26-11-9-25(29)10-12-26/h5-13,17-18,20,30H,14-16,19H2,1-4H3. The predicted octanol–water partition coefficient (Wildman–Crippen LogP) is 5.91. The van der Waals surface area contributed by atoms with E-state index in [0.717, 1.165) is 31.5 Å². The van der Waals surface area contributed by atoms with Crippen molar-refractivity contribution in [1.29, 1.82) is 0 Å². The third-order valence-electron chi connectivity index (χ3n) is 6.57. The molecule has 0 saturated carbocycles. The van der Waals surface area contributed by atoms with E-state index in [-0.39, 0.29) is 10.3 Å². The minimum Gasteiger partial charge on any atom is -0.296 e. The van der Waals surface area contributed by atoms with Crippen LogP contribution in [0.3, 0.4) is 0 Å². The Balaban J connectivity index is 1.45. The van der Waals surface area contributed by atoms with Gasteiger partial charge < -0.3 is 0 Å². The normalized spacial score (nSPS) is 15.6. The minimum atomic E-state index is -3.73. The van der Waals surface area contributed by atoms with Gasteiger partial charge in [-0.15, -0.1) is 0 Å². The lowest BCUT2D eigenvalue weighted by molar-refractivity contribution is 0.189. The molecule has 180 valence electrons. The van der Waals surface area contributed by atoms with E-state index in [1.165, 1.54) is 41.0 Å². The second kappa shape index (κ2) is 9.51. The molecule has 4 rings (SSSR count). The van der Waals surface area contributed by atoms with E-state index in [1.807, 2.05) is 6.07 Å². The largest absolute Gasteiger partial charge is 0.296 e. The first-order chi connectivity index (χ1) is 16.0. The maximum Gasteiger partial charge on any atom is 0.261 e. The molecule has 1 N–H and O–H groups in total. The zero-order valence-corrected chi connectivity index (χ0v) is 21.1. The number of sulfonamides is 1.